The first-order valence-corrected chi connectivity index (χ1v) is 10.9. The molecule has 3 heterocycles. The predicted molar refractivity (Wildman–Crippen MR) is 121 cm³/mol. The fourth-order valence-electron chi connectivity index (χ4n) is 3.89. The van der Waals surface area contributed by atoms with Gasteiger partial charge in [-0.25, -0.2) is 0 Å². The number of hydrogen-bond acceptors (Lipinski definition) is 8. The molecule has 1 aliphatic rings. The molecular formula is C22H20ClF2N7O2. The molecule has 1 aliphatic heterocycles. The van der Waals surface area contributed by atoms with Crippen molar-refractivity contribution < 1.29 is 18.0 Å². The summed E-state index contributed by atoms with van der Waals surface area (Å²) in [6.07, 6.45) is 0. The van der Waals surface area contributed by atoms with Crippen LogP contribution < -0.4 is 15.0 Å². The normalized spacial score (nSPS) is 16.3. The van der Waals surface area contributed by atoms with E-state index >= 15 is 0 Å². The van der Waals surface area contributed by atoms with E-state index in [1.54, 1.807) is 24.3 Å². The zero-order valence-electron chi connectivity index (χ0n) is 18.0. The number of hydrogen-bond donors (Lipinski definition) is 1. The summed E-state index contributed by atoms with van der Waals surface area (Å²) in [6, 6.07) is 13.3. The van der Waals surface area contributed by atoms with E-state index in [9.17, 15) is 8.78 Å². The van der Waals surface area contributed by atoms with Gasteiger partial charge in [0.25, 0.3) is 5.89 Å². The molecule has 0 spiro atoms. The van der Waals surface area contributed by atoms with Crippen LogP contribution in [0.5, 0.6) is 5.75 Å². The average Bonchev–Trinajstić information content (AvgIpc) is 3.47. The van der Waals surface area contributed by atoms with Crippen LogP contribution in [0.25, 0.3) is 22.8 Å². The van der Waals surface area contributed by atoms with E-state index in [1.807, 2.05) is 23.7 Å². The Morgan fingerprint density at radius 3 is 2.74 bits per heavy atom. The summed E-state index contributed by atoms with van der Waals surface area (Å²) < 4.78 is 36.7. The van der Waals surface area contributed by atoms with Crippen molar-refractivity contribution in [2.45, 2.75) is 12.7 Å². The minimum absolute atomic E-state index is 0.0789. The van der Waals surface area contributed by atoms with Crippen molar-refractivity contribution in [2.24, 2.45) is 7.05 Å². The van der Waals surface area contributed by atoms with Crippen LogP contribution in [0, 0.1) is 0 Å². The molecule has 1 atom stereocenters. The van der Waals surface area contributed by atoms with Gasteiger partial charge in [-0.15, -0.1) is 10.2 Å². The van der Waals surface area contributed by atoms with Crippen LogP contribution >= 0.6 is 11.6 Å². The van der Waals surface area contributed by atoms with E-state index in [0.717, 1.165) is 17.7 Å². The van der Waals surface area contributed by atoms with Crippen LogP contribution in [0.1, 0.15) is 11.9 Å². The second kappa shape index (κ2) is 9.35. The molecule has 0 aliphatic carbocycles. The molecule has 0 bridgehead atoms. The van der Waals surface area contributed by atoms with Gasteiger partial charge in [0, 0.05) is 42.8 Å². The maximum absolute atomic E-state index is 12.4. The smallest absolute Gasteiger partial charge is 0.387 e. The first-order valence-electron chi connectivity index (χ1n) is 10.5. The molecule has 34 heavy (non-hydrogen) atoms. The molecule has 0 saturated carbocycles. The van der Waals surface area contributed by atoms with Crippen molar-refractivity contribution in [1.82, 2.24) is 30.2 Å². The number of ether oxygens (including phenoxy) is 1. The van der Waals surface area contributed by atoms with E-state index in [2.05, 4.69) is 35.3 Å². The summed E-state index contributed by atoms with van der Waals surface area (Å²) in [4.78, 5) is 6.65. The maximum Gasteiger partial charge on any atom is 0.387 e. The van der Waals surface area contributed by atoms with E-state index < -0.39 is 6.61 Å². The average molecular weight is 488 g/mol. The van der Waals surface area contributed by atoms with Crippen molar-refractivity contribution in [3.05, 3.63) is 59.4 Å². The fourth-order valence-corrected chi connectivity index (χ4v) is 4.08. The van der Waals surface area contributed by atoms with Crippen molar-refractivity contribution >= 4 is 17.5 Å². The topological polar surface area (TPSA) is 94.1 Å². The Labute approximate surface area is 198 Å². The zero-order valence-corrected chi connectivity index (χ0v) is 18.8. The van der Waals surface area contributed by atoms with Crippen LogP contribution in [0.15, 0.2) is 53.1 Å². The van der Waals surface area contributed by atoms with Crippen molar-refractivity contribution in [3.63, 3.8) is 0 Å². The van der Waals surface area contributed by atoms with Crippen LogP contribution in [-0.4, -0.2) is 51.2 Å². The lowest BCUT2D eigenvalue weighted by molar-refractivity contribution is -0.0498. The molecule has 1 fully saturated rings. The molecule has 5 rings (SSSR count). The number of benzene rings is 2. The Morgan fingerprint density at radius 2 is 1.97 bits per heavy atom. The van der Waals surface area contributed by atoms with E-state index in [4.69, 9.17) is 16.1 Å². The Bertz CT molecular complexity index is 1280. The zero-order chi connectivity index (χ0) is 23.7. The summed E-state index contributed by atoms with van der Waals surface area (Å²) in [6.45, 7) is -0.902. The number of nitrogens with one attached hydrogen (secondary N) is 1. The summed E-state index contributed by atoms with van der Waals surface area (Å²) in [5.74, 6) is 2.18. The van der Waals surface area contributed by atoms with Gasteiger partial charge in [-0.1, -0.05) is 28.9 Å². The molecule has 1 N–H and O–H groups in total. The van der Waals surface area contributed by atoms with Gasteiger partial charge in [0.1, 0.15) is 11.8 Å². The molecule has 0 amide bonds. The maximum atomic E-state index is 12.4. The van der Waals surface area contributed by atoms with E-state index in [1.165, 1.54) is 12.1 Å². The monoisotopic (exact) mass is 487 g/mol. The van der Waals surface area contributed by atoms with Gasteiger partial charge in [-0.05, 0) is 36.4 Å². The summed E-state index contributed by atoms with van der Waals surface area (Å²) >= 11 is 6.09. The highest BCUT2D eigenvalue weighted by molar-refractivity contribution is 6.30. The molecule has 0 radical (unpaired) electrons. The van der Waals surface area contributed by atoms with Gasteiger partial charge in [0.05, 0.1) is 0 Å². The molecule has 1 saturated heterocycles. The fraction of sp³-hybridized carbons (Fsp3) is 0.273. The summed E-state index contributed by atoms with van der Waals surface area (Å²) in [5.41, 5.74) is 1.48. The SMILES string of the molecule is Cn1c(-c2ccc(OC(F)F)cc2)nnc1N1CCNCC1c1nc(-c2cccc(Cl)c2)no1. The van der Waals surface area contributed by atoms with E-state index in [0.29, 0.717) is 41.6 Å². The number of rotatable bonds is 6. The highest BCUT2D eigenvalue weighted by Crippen LogP contribution is 2.31. The first-order chi connectivity index (χ1) is 16.5. The molecule has 2 aromatic carbocycles. The van der Waals surface area contributed by atoms with Crippen LogP contribution in [0.2, 0.25) is 5.02 Å². The summed E-state index contributed by atoms with van der Waals surface area (Å²) in [5, 5.41) is 16.8. The number of nitrogens with zero attached hydrogens (tertiary/aromatic N) is 6. The Hall–Kier alpha value is -3.57. The molecule has 12 heteroatoms. The van der Waals surface area contributed by atoms with Gasteiger partial charge in [-0.3, -0.25) is 4.57 Å². The molecule has 9 nitrogen and oxygen atoms in total. The number of aromatic nitrogens is 5. The van der Waals surface area contributed by atoms with Crippen molar-refractivity contribution in [2.75, 3.05) is 24.5 Å². The third-order valence-corrected chi connectivity index (χ3v) is 5.73. The number of alkyl halides is 2. The third-order valence-electron chi connectivity index (χ3n) is 5.50. The second-order valence-electron chi connectivity index (χ2n) is 7.67. The third kappa shape index (κ3) is 4.44. The highest BCUT2D eigenvalue weighted by atomic mass is 35.5. The van der Waals surface area contributed by atoms with Crippen molar-refractivity contribution in [1.29, 1.82) is 0 Å². The Morgan fingerprint density at radius 1 is 1.15 bits per heavy atom. The van der Waals surface area contributed by atoms with Crippen molar-refractivity contribution in [3.8, 4) is 28.5 Å². The molecular weight excluding hydrogens is 468 g/mol. The summed E-state index contributed by atoms with van der Waals surface area (Å²) in [7, 11) is 1.85. The largest absolute Gasteiger partial charge is 0.435 e. The lowest BCUT2D eigenvalue weighted by Crippen LogP contribution is -2.47. The molecule has 176 valence electrons. The minimum atomic E-state index is -2.87. The highest BCUT2D eigenvalue weighted by Gasteiger charge is 2.32. The van der Waals surface area contributed by atoms with Crippen LogP contribution in [0.3, 0.4) is 0 Å². The van der Waals surface area contributed by atoms with E-state index in [-0.39, 0.29) is 11.8 Å². The molecule has 4 aromatic rings. The van der Waals surface area contributed by atoms with Gasteiger partial charge in [0.15, 0.2) is 5.82 Å². The van der Waals surface area contributed by atoms with Crippen LogP contribution in [0.4, 0.5) is 14.7 Å². The minimum Gasteiger partial charge on any atom is -0.435 e. The molecule has 1 unspecified atom stereocenters. The van der Waals surface area contributed by atoms with Gasteiger partial charge in [0.2, 0.25) is 11.8 Å². The van der Waals surface area contributed by atoms with Gasteiger partial charge >= 0.3 is 6.61 Å². The van der Waals surface area contributed by atoms with Crippen LogP contribution in [-0.2, 0) is 7.05 Å². The lowest BCUT2D eigenvalue weighted by atomic mass is 10.2. The number of halogens is 3. The predicted octanol–water partition coefficient (Wildman–Crippen LogP) is 3.94. The van der Waals surface area contributed by atoms with Gasteiger partial charge in [-0.2, -0.15) is 13.8 Å². The quantitative estimate of drug-likeness (QED) is 0.437. The van der Waals surface area contributed by atoms with Gasteiger partial charge < -0.3 is 19.5 Å². The first kappa shape index (κ1) is 22.2. The Balaban J connectivity index is 1.41. The second-order valence-corrected chi connectivity index (χ2v) is 8.10. The molecule has 2 aromatic heterocycles. The Kier molecular flexibility index (Phi) is 6.12. The number of piperazine rings is 1. The number of anilines is 1. The standard InChI is InChI=1S/C22H20ClF2N7O2/c1-31-19(13-5-7-16(8-6-13)33-21(24)25)28-29-22(31)32-10-9-26-12-17(32)20-27-18(30-34-20)14-3-2-4-15(23)11-14/h2-8,11,17,21,26H,9-10,12H2,1H3. The lowest BCUT2D eigenvalue weighted by Gasteiger charge is -2.34.